The maximum atomic E-state index is 14.3. The van der Waals surface area contributed by atoms with Crippen LogP contribution >= 0.6 is 0 Å². The number of carbonyl (C=O) groups is 2. The highest BCUT2D eigenvalue weighted by Crippen LogP contribution is 2.61. The normalized spacial score (nSPS) is 18.6. The van der Waals surface area contributed by atoms with E-state index in [0.29, 0.717) is 42.9 Å². The van der Waals surface area contributed by atoms with Crippen molar-refractivity contribution in [3.05, 3.63) is 58.8 Å². The molecule has 1 aliphatic heterocycles. The number of aromatic nitrogens is 1. The summed E-state index contributed by atoms with van der Waals surface area (Å²) in [5.41, 5.74) is 2.70. The van der Waals surface area contributed by atoms with E-state index in [0.717, 1.165) is 35.9 Å². The van der Waals surface area contributed by atoms with Crippen LogP contribution in [0.3, 0.4) is 0 Å². The van der Waals surface area contributed by atoms with Gasteiger partial charge in [-0.2, -0.15) is 0 Å². The number of carbonyl (C=O) groups excluding carboxylic acids is 2. The van der Waals surface area contributed by atoms with Crippen molar-refractivity contribution in [1.82, 2.24) is 9.47 Å². The Bertz CT molecular complexity index is 1750. The number of alkyl halides is 4. The third-order valence-corrected chi connectivity index (χ3v) is 9.26. The monoisotopic (exact) mass is 755 g/mol. The second kappa shape index (κ2) is 16.6. The largest absolute Gasteiger partial charge is 0.496 e. The van der Waals surface area contributed by atoms with Gasteiger partial charge in [0.15, 0.2) is 0 Å². The highest BCUT2D eigenvalue weighted by molar-refractivity contribution is 7.85. The molecule has 9 nitrogen and oxygen atoms in total. The first kappa shape index (κ1) is 42.8. The molecule has 2 unspecified atom stereocenters. The van der Waals surface area contributed by atoms with Crippen LogP contribution in [0.15, 0.2) is 36.5 Å². The zero-order valence-corrected chi connectivity index (χ0v) is 32.9. The van der Waals surface area contributed by atoms with Crippen molar-refractivity contribution in [3.8, 4) is 5.75 Å². The lowest BCUT2D eigenvalue weighted by Gasteiger charge is -2.55. The molecule has 2 heterocycles. The number of rotatable bonds is 7. The van der Waals surface area contributed by atoms with E-state index < -0.39 is 45.9 Å². The van der Waals surface area contributed by atoms with Crippen molar-refractivity contribution in [2.45, 2.75) is 111 Å². The number of piperidine rings is 1. The number of halogens is 4. The molecule has 2 aromatic carbocycles. The fraction of sp³-hybridized carbons (Fsp3) is 0.579. The molecule has 1 saturated carbocycles. The van der Waals surface area contributed by atoms with E-state index in [2.05, 4.69) is 9.62 Å². The molecule has 2 aliphatic rings. The summed E-state index contributed by atoms with van der Waals surface area (Å²) in [6.45, 7) is 14.0. The van der Waals surface area contributed by atoms with E-state index in [9.17, 15) is 31.4 Å². The molecule has 0 bridgehead atoms. The molecule has 1 saturated heterocycles. The Hall–Kier alpha value is -3.65. The molecular formula is C38H53F4N3O6S. The molecule has 1 aromatic heterocycles. The zero-order chi connectivity index (χ0) is 39.4. The van der Waals surface area contributed by atoms with Gasteiger partial charge in [-0.15, -0.1) is 0 Å². The third kappa shape index (κ3) is 10.7. The lowest BCUT2D eigenvalue weighted by molar-refractivity contribution is -0.186. The lowest BCUT2D eigenvalue weighted by atomic mass is 9.59. The summed E-state index contributed by atoms with van der Waals surface area (Å²) in [4.78, 5) is 27.7. The molecule has 5 rings (SSSR count). The van der Waals surface area contributed by atoms with Crippen LogP contribution in [0.5, 0.6) is 5.75 Å². The Morgan fingerprint density at radius 2 is 1.65 bits per heavy atom. The van der Waals surface area contributed by atoms with Gasteiger partial charge in [-0.1, -0.05) is 19.9 Å². The number of methoxy groups -OCH3 is 2. The standard InChI is InChI=1S/C33H41F2N3O6S.C3H6F2.C2H6/c1-20-14-27(42-5)24(22-10-12-38(28(20)22)30(40)44-31(2,3)4)17-37-13-11-32(18-33(34,35)19-32)16-26(37)23-9-8-21(29(39)43-6)15-25(23)36-45(7)41;1-3(2,4)5;1-2/h8-10,12,14-15,26,36H,11,13,16-19H2,1-7H3;1-2H3;1-2H3. The number of nitrogens with one attached hydrogen (secondary N) is 1. The highest BCUT2D eigenvalue weighted by Gasteiger charge is 2.58. The quantitative estimate of drug-likeness (QED) is 0.189. The van der Waals surface area contributed by atoms with Gasteiger partial charge in [0.1, 0.15) is 22.3 Å². The van der Waals surface area contributed by atoms with E-state index in [4.69, 9.17) is 14.2 Å². The van der Waals surface area contributed by atoms with Crippen molar-refractivity contribution in [2.75, 3.05) is 31.7 Å². The molecule has 1 aliphatic carbocycles. The van der Waals surface area contributed by atoms with E-state index >= 15 is 0 Å². The van der Waals surface area contributed by atoms with Crippen LogP contribution in [-0.2, 0) is 27.0 Å². The third-order valence-electron chi connectivity index (χ3n) is 8.75. The minimum atomic E-state index is -2.69. The van der Waals surface area contributed by atoms with Gasteiger partial charge >= 0.3 is 12.1 Å². The van der Waals surface area contributed by atoms with Crippen molar-refractivity contribution in [2.24, 2.45) is 5.41 Å². The molecular weight excluding hydrogens is 702 g/mol. The Balaban J connectivity index is 0.000000959. The van der Waals surface area contributed by atoms with E-state index in [-0.39, 0.29) is 24.4 Å². The molecule has 0 amide bonds. The first-order valence-electron chi connectivity index (χ1n) is 17.3. The molecule has 3 aromatic rings. The number of aryl methyl sites for hydroxylation is 1. The van der Waals surface area contributed by atoms with E-state index in [1.165, 1.54) is 17.9 Å². The van der Waals surface area contributed by atoms with Gasteiger partial charge in [-0.3, -0.25) is 9.47 Å². The van der Waals surface area contributed by atoms with Crippen molar-refractivity contribution < 1.29 is 45.6 Å². The van der Waals surface area contributed by atoms with Crippen LogP contribution in [-0.4, -0.2) is 70.2 Å². The Kier molecular flexibility index (Phi) is 13.6. The number of anilines is 1. The minimum absolute atomic E-state index is 0.177. The zero-order valence-electron chi connectivity index (χ0n) is 32.0. The summed E-state index contributed by atoms with van der Waals surface area (Å²) in [6.07, 6.45) is 3.39. The lowest BCUT2D eigenvalue weighted by Crippen LogP contribution is -2.53. The molecule has 52 heavy (non-hydrogen) atoms. The topological polar surface area (TPSA) is 99.1 Å². The predicted molar refractivity (Wildman–Crippen MR) is 197 cm³/mol. The molecule has 2 fully saturated rings. The average Bonchev–Trinajstić information content (AvgIpc) is 3.47. The first-order valence-corrected chi connectivity index (χ1v) is 18.8. The summed E-state index contributed by atoms with van der Waals surface area (Å²) in [7, 11) is 1.42. The molecule has 0 radical (unpaired) electrons. The number of likely N-dealkylation sites (tertiary alicyclic amines) is 1. The van der Waals surface area contributed by atoms with Crippen LogP contribution in [0.2, 0.25) is 0 Å². The Morgan fingerprint density at radius 3 is 2.17 bits per heavy atom. The van der Waals surface area contributed by atoms with Crippen LogP contribution in [0.4, 0.5) is 28.0 Å². The molecule has 1 spiro atoms. The van der Waals surface area contributed by atoms with Gasteiger partial charge in [0.25, 0.3) is 0 Å². The first-order chi connectivity index (χ1) is 24.0. The SMILES string of the molecule is CC.CC(C)(F)F.COC(=O)c1ccc(C2CC3(CCN2Cc2c(OC)cc(C)c4c2ccn4C(=O)OC(C)(C)C)CC(F)(F)C3)c(NS(C)=O)c1. The van der Waals surface area contributed by atoms with Gasteiger partial charge in [0.05, 0.1) is 31.0 Å². The predicted octanol–water partition coefficient (Wildman–Crippen LogP) is 9.67. The molecule has 2 atom stereocenters. The summed E-state index contributed by atoms with van der Waals surface area (Å²) >= 11 is 0. The number of hydrogen-bond donors (Lipinski definition) is 1. The summed E-state index contributed by atoms with van der Waals surface area (Å²) in [5.74, 6) is -5.08. The number of ether oxygens (including phenoxy) is 3. The fourth-order valence-electron chi connectivity index (χ4n) is 6.95. The van der Waals surface area contributed by atoms with Crippen molar-refractivity contribution in [1.29, 1.82) is 0 Å². The van der Waals surface area contributed by atoms with Gasteiger partial charge < -0.3 is 18.9 Å². The average molecular weight is 756 g/mol. The number of nitrogens with zero attached hydrogens (tertiary/aromatic N) is 2. The number of hydrogen-bond acceptors (Lipinski definition) is 7. The maximum absolute atomic E-state index is 14.3. The van der Waals surface area contributed by atoms with Crippen LogP contribution in [0.1, 0.15) is 107 Å². The second-order valence-corrected chi connectivity index (χ2v) is 15.7. The van der Waals surface area contributed by atoms with E-state index in [1.54, 1.807) is 31.5 Å². The Labute approximate surface area is 306 Å². The van der Waals surface area contributed by atoms with Crippen LogP contribution in [0.25, 0.3) is 10.9 Å². The summed E-state index contributed by atoms with van der Waals surface area (Å²) in [5, 5.41) is 0.820. The summed E-state index contributed by atoms with van der Waals surface area (Å²) < 4.78 is 83.8. The van der Waals surface area contributed by atoms with Gasteiger partial charge in [0, 0.05) is 48.8 Å². The molecule has 1 N–H and O–H groups in total. The number of esters is 1. The maximum Gasteiger partial charge on any atom is 0.419 e. The van der Waals surface area contributed by atoms with Gasteiger partial charge in [0.2, 0.25) is 11.8 Å². The fourth-order valence-corrected chi connectivity index (χ4v) is 7.44. The molecule has 14 heteroatoms. The van der Waals surface area contributed by atoms with Gasteiger partial charge in [-0.25, -0.2) is 31.4 Å². The van der Waals surface area contributed by atoms with Crippen molar-refractivity contribution >= 4 is 39.6 Å². The second-order valence-electron chi connectivity index (χ2n) is 14.6. The van der Waals surface area contributed by atoms with E-state index in [1.807, 2.05) is 53.7 Å². The smallest absolute Gasteiger partial charge is 0.419 e. The van der Waals surface area contributed by atoms with Gasteiger partial charge in [-0.05, 0) is 102 Å². The minimum Gasteiger partial charge on any atom is -0.496 e. The summed E-state index contributed by atoms with van der Waals surface area (Å²) in [6, 6.07) is 8.45. The molecule has 290 valence electrons. The Morgan fingerprint density at radius 1 is 1.04 bits per heavy atom. The number of benzene rings is 2. The number of fused-ring (bicyclic) bond motifs is 1. The van der Waals surface area contributed by atoms with Crippen molar-refractivity contribution in [3.63, 3.8) is 0 Å². The highest BCUT2D eigenvalue weighted by atomic mass is 32.2. The van der Waals surface area contributed by atoms with Crippen LogP contribution < -0.4 is 9.46 Å². The van der Waals surface area contributed by atoms with Crippen LogP contribution in [0, 0.1) is 12.3 Å².